The van der Waals surface area contributed by atoms with Gasteiger partial charge >= 0.3 is 125 Å². The van der Waals surface area contributed by atoms with Gasteiger partial charge in [-0.25, -0.2) is 0 Å². The van der Waals surface area contributed by atoms with Crippen molar-refractivity contribution < 1.29 is 97.1 Å². The first-order valence-electron chi connectivity index (χ1n) is 18.3. The molecule has 0 aromatic heterocycles. The number of hydrogen-bond donors (Lipinski definition) is 0. The van der Waals surface area contributed by atoms with E-state index in [9.17, 15) is 0 Å². The Morgan fingerprint density at radius 1 is 0.450 bits per heavy atom. The maximum Gasteiger partial charge on any atom is 4.00 e. The summed E-state index contributed by atoms with van der Waals surface area (Å²) in [5.41, 5.74) is 4.91. The van der Waals surface area contributed by atoms with Crippen molar-refractivity contribution in [3.05, 3.63) is 223 Å². The Morgan fingerprint density at radius 2 is 0.833 bits per heavy atom. The van der Waals surface area contributed by atoms with Gasteiger partial charge in [0.1, 0.15) is 5.75 Å². The van der Waals surface area contributed by atoms with E-state index in [1.54, 1.807) is 14.2 Å². The van der Waals surface area contributed by atoms with E-state index < -0.39 is 0 Å². The van der Waals surface area contributed by atoms with Crippen LogP contribution >= 0.6 is 12.4 Å². The zero-order valence-electron chi connectivity index (χ0n) is 33.1. The zero-order chi connectivity index (χ0) is 37.8. The topological polar surface area (TPSA) is 18.5 Å². The minimum atomic E-state index is 0. The van der Waals surface area contributed by atoms with Crippen LogP contribution < -0.4 is 46.7 Å². The van der Waals surface area contributed by atoms with E-state index in [0.717, 1.165) is 22.6 Å². The number of fused-ring (bicyclic) bond motifs is 6. The standard InChI is InChI=1S/C13H13O2.2C13H9.C13H10.4ClH.2Zr/c1-14-11-7-8-12(13(9-11)15-2)10-5-3-4-6-10;2*1-3-7-12-10(5-1)9-11-6-2-4-8-13(11)12;1-3-7-12(8-4-1)11-13-9-5-2-6-10-13;;;;;;/h3-9H,1-2H3;2*1-9H;1-10H;4*1H;;/q3*-1;;;;;;+2;+4/p-3. The molecule has 0 fully saturated rings. The Bertz CT molecular complexity index is 2510. The molecule has 8 heteroatoms. The Labute approximate surface area is 412 Å². The van der Waals surface area contributed by atoms with Crippen molar-refractivity contribution in [2.24, 2.45) is 0 Å². The van der Waals surface area contributed by atoms with Gasteiger partial charge in [0.15, 0.2) is 0 Å². The molecule has 0 unspecified atom stereocenters. The van der Waals surface area contributed by atoms with Crippen LogP contribution in [0, 0.1) is 0 Å². The molecule has 0 N–H and O–H groups in total. The van der Waals surface area contributed by atoms with Gasteiger partial charge in [0.25, 0.3) is 0 Å². The van der Waals surface area contributed by atoms with Gasteiger partial charge in [-0.15, -0.1) is 104 Å². The third-order valence-corrected chi connectivity index (χ3v) is 11.0. The summed E-state index contributed by atoms with van der Waals surface area (Å²) in [7, 11) is 3.32. The summed E-state index contributed by atoms with van der Waals surface area (Å²) in [5, 5.41) is 10.8. The molecule has 60 heavy (non-hydrogen) atoms. The molecule has 0 bridgehead atoms. The van der Waals surface area contributed by atoms with Gasteiger partial charge in [0.05, 0.1) is 20.0 Å². The summed E-state index contributed by atoms with van der Waals surface area (Å²) in [6, 6.07) is 73.6. The van der Waals surface area contributed by atoms with Gasteiger partial charge in [-0.1, -0.05) is 84.4 Å². The maximum atomic E-state index is 5.33. The first-order valence-corrected chi connectivity index (χ1v) is 19.6. The molecular weight excluding hydrogens is 981 g/mol. The van der Waals surface area contributed by atoms with Crippen molar-refractivity contribution in [2.45, 2.75) is 0 Å². The number of methoxy groups -OCH3 is 2. The predicted molar refractivity (Wildman–Crippen MR) is 238 cm³/mol. The fraction of sp³-hybridized carbons (Fsp3) is 0.0385. The Kier molecular flexibility index (Phi) is 22.9. The van der Waals surface area contributed by atoms with E-state index in [1.165, 1.54) is 81.7 Å². The monoisotopic (exact) mass is 1020 g/mol. The maximum absolute atomic E-state index is 5.33. The van der Waals surface area contributed by atoms with E-state index in [2.05, 4.69) is 182 Å². The molecule has 10 aromatic rings. The largest absolute Gasteiger partial charge is 4.00 e. The molecular formula is C52H42Cl4O2Zr2. The molecule has 0 aliphatic heterocycles. The van der Waals surface area contributed by atoms with E-state index >= 15 is 0 Å². The van der Waals surface area contributed by atoms with Gasteiger partial charge in [-0.05, 0) is 6.07 Å². The number of rotatable bonds is 5. The molecule has 2 nitrogen and oxygen atoms in total. The average molecular weight is 1020 g/mol. The molecule has 0 amide bonds. The molecule has 10 rings (SSSR count). The van der Waals surface area contributed by atoms with Gasteiger partial charge in [-0.3, -0.25) is 0 Å². The molecule has 0 spiro atoms. The number of halogens is 4. The molecule has 0 saturated heterocycles. The Morgan fingerprint density at radius 3 is 1.18 bits per heavy atom. The van der Waals surface area contributed by atoms with Crippen LogP contribution in [0.2, 0.25) is 0 Å². The molecule has 0 aliphatic rings. The van der Waals surface area contributed by atoms with E-state index in [1.807, 2.05) is 30.3 Å². The minimum Gasteiger partial charge on any atom is -0.126 e. The smallest absolute Gasteiger partial charge is 0.126 e. The van der Waals surface area contributed by atoms with Crippen molar-refractivity contribution in [2.75, 3.05) is 14.2 Å². The first-order chi connectivity index (χ1) is 27.1. The Balaban J connectivity index is 0.000000268. The normalized spacial score (nSPS) is 9.60. The number of ether oxygens (including phenoxy) is 2. The summed E-state index contributed by atoms with van der Waals surface area (Å²) >= 11 is 1.46. The molecule has 0 aliphatic carbocycles. The first kappa shape index (κ1) is 52.2. The molecule has 0 saturated carbocycles. The SMILES string of the molecule is COc1ccc(-c2ccc[cH-]2)c(OC)c1.Cl.[Cl-].[Cl-].[Cl-].[Zr+2]=[C](c1ccccc1)c1ccccc1.[Zr+4].c1ccc2c(c1)[cH-]c1ccccc12.c1ccc2c(c1)[cH-]c1ccccc12. The molecule has 298 valence electrons. The molecule has 0 heterocycles. The predicted octanol–water partition coefficient (Wildman–Crippen LogP) is 4.75. The van der Waals surface area contributed by atoms with Crippen LogP contribution in [0.25, 0.3) is 54.2 Å². The van der Waals surface area contributed by atoms with Crippen LogP contribution in [0.4, 0.5) is 0 Å². The van der Waals surface area contributed by atoms with Crippen molar-refractivity contribution in [3.8, 4) is 22.6 Å². The fourth-order valence-electron chi connectivity index (χ4n) is 6.77. The molecule has 0 radical (unpaired) electrons. The van der Waals surface area contributed by atoms with Crippen LogP contribution in [-0.4, -0.2) is 17.4 Å². The van der Waals surface area contributed by atoms with E-state index in [0.29, 0.717) is 0 Å². The van der Waals surface area contributed by atoms with Crippen LogP contribution in [0.1, 0.15) is 11.1 Å². The summed E-state index contributed by atoms with van der Waals surface area (Å²) in [4.78, 5) is 0. The summed E-state index contributed by atoms with van der Waals surface area (Å²) in [6.45, 7) is 0. The van der Waals surface area contributed by atoms with Gasteiger partial charge < -0.3 is 46.7 Å². The quantitative estimate of drug-likeness (QED) is 0.232. The van der Waals surface area contributed by atoms with Crippen molar-refractivity contribution >= 4 is 58.7 Å². The van der Waals surface area contributed by atoms with Crippen molar-refractivity contribution in [1.29, 1.82) is 0 Å². The van der Waals surface area contributed by atoms with Gasteiger partial charge in [0.2, 0.25) is 0 Å². The molecule has 10 aromatic carbocycles. The van der Waals surface area contributed by atoms with Gasteiger partial charge in [0, 0.05) is 6.07 Å². The van der Waals surface area contributed by atoms with Crippen LogP contribution in [0.3, 0.4) is 0 Å². The van der Waals surface area contributed by atoms with Gasteiger partial charge in [-0.2, -0.15) is 18.2 Å². The van der Waals surface area contributed by atoms with Crippen molar-refractivity contribution in [1.82, 2.24) is 0 Å². The fourth-order valence-corrected chi connectivity index (χ4v) is 7.59. The second-order valence-electron chi connectivity index (χ2n) is 13.0. The van der Waals surface area contributed by atoms with Crippen molar-refractivity contribution in [3.63, 3.8) is 0 Å². The third-order valence-electron chi connectivity index (χ3n) is 9.55. The minimum absolute atomic E-state index is 0. The van der Waals surface area contributed by atoms with E-state index in [-0.39, 0.29) is 75.8 Å². The van der Waals surface area contributed by atoms with Crippen LogP contribution in [0.5, 0.6) is 11.5 Å². The van der Waals surface area contributed by atoms with Crippen LogP contribution in [-0.2, 0) is 50.4 Å². The third kappa shape index (κ3) is 13.0. The number of hydrogen-bond acceptors (Lipinski definition) is 2. The molecule has 0 atom stereocenters. The summed E-state index contributed by atoms with van der Waals surface area (Å²) in [6.07, 6.45) is 0. The van der Waals surface area contributed by atoms with Crippen LogP contribution in [0.15, 0.2) is 212 Å². The summed E-state index contributed by atoms with van der Waals surface area (Å²) in [5.74, 6) is 1.64. The average Bonchev–Trinajstić information content (AvgIpc) is 4.03. The second kappa shape index (κ2) is 26.4. The second-order valence-corrected chi connectivity index (χ2v) is 14.2. The summed E-state index contributed by atoms with van der Waals surface area (Å²) < 4.78 is 11.9. The zero-order valence-corrected chi connectivity index (χ0v) is 41.1. The number of benzene rings is 7. The van der Waals surface area contributed by atoms with E-state index in [4.69, 9.17) is 9.47 Å². The Hall–Kier alpha value is -3.97.